The van der Waals surface area contributed by atoms with Crippen LogP contribution < -0.4 is 5.32 Å². The highest BCUT2D eigenvalue weighted by molar-refractivity contribution is 6.43. The lowest BCUT2D eigenvalue weighted by Gasteiger charge is -2.18. The van der Waals surface area contributed by atoms with Crippen molar-refractivity contribution in [2.45, 2.75) is 31.6 Å². The predicted molar refractivity (Wildman–Crippen MR) is 124 cm³/mol. The molecule has 1 atom stereocenters. The quantitative estimate of drug-likeness (QED) is 0.300. The van der Waals surface area contributed by atoms with E-state index in [4.69, 9.17) is 0 Å². The molecule has 7 nitrogen and oxygen atoms in total. The lowest BCUT2D eigenvalue weighted by molar-refractivity contribution is -0.124. The SMILES string of the molecule is CN(C)C(=O)C(C#N)=Cc1cccc(CCCC(=O)NC(Cc2ccccc2)B(O)O)c1. The molecule has 0 saturated carbocycles. The van der Waals surface area contributed by atoms with E-state index in [9.17, 15) is 24.9 Å². The van der Waals surface area contributed by atoms with Gasteiger partial charge in [0.15, 0.2) is 0 Å². The Kier molecular flexibility index (Phi) is 9.67. The van der Waals surface area contributed by atoms with Crippen molar-refractivity contribution in [1.82, 2.24) is 10.2 Å². The summed E-state index contributed by atoms with van der Waals surface area (Å²) < 4.78 is 0. The van der Waals surface area contributed by atoms with E-state index in [1.54, 1.807) is 20.2 Å². The monoisotopic (exact) mass is 433 g/mol. The summed E-state index contributed by atoms with van der Waals surface area (Å²) in [4.78, 5) is 25.7. The molecule has 3 N–H and O–H groups in total. The molecule has 0 aliphatic rings. The molecule has 0 fully saturated rings. The molecule has 32 heavy (non-hydrogen) atoms. The Morgan fingerprint density at radius 1 is 1.12 bits per heavy atom. The maximum atomic E-state index is 12.3. The number of carbonyl (C=O) groups excluding carboxylic acids is 2. The largest absolute Gasteiger partial charge is 0.475 e. The van der Waals surface area contributed by atoms with Crippen molar-refractivity contribution in [3.63, 3.8) is 0 Å². The third-order valence-electron chi connectivity index (χ3n) is 4.89. The first-order valence-electron chi connectivity index (χ1n) is 10.4. The number of carbonyl (C=O) groups is 2. The minimum atomic E-state index is -1.65. The molecule has 0 aliphatic heterocycles. The smallest absolute Gasteiger partial charge is 0.426 e. The first-order valence-corrected chi connectivity index (χ1v) is 10.4. The minimum Gasteiger partial charge on any atom is -0.426 e. The van der Waals surface area contributed by atoms with Crippen LogP contribution >= 0.6 is 0 Å². The first kappa shape index (κ1) is 24.9. The highest BCUT2D eigenvalue weighted by atomic mass is 16.4. The minimum absolute atomic E-state index is 0.0542. The summed E-state index contributed by atoms with van der Waals surface area (Å²) in [5.41, 5.74) is 2.67. The second kappa shape index (κ2) is 12.4. The first-order chi connectivity index (χ1) is 15.3. The van der Waals surface area contributed by atoms with Gasteiger partial charge < -0.3 is 20.3 Å². The summed E-state index contributed by atoms with van der Waals surface area (Å²) in [6.45, 7) is 0. The second-order valence-electron chi connectivity index (χ2n) is 7.75. The molecule has 2 aromatic rings. The molecule has 1 unspecified atom stereocenters. The van der Waals surface area contributed by atoms with E-state index < -0.39 is 13.1 Å². The van der Waals surface area contributed by atoms with E-state index in [1.807, 2.05) is 60.7 Å². The van der Waals surface area contributed by atoms with Gasteiger partial charge in [-0.1, -0.05) is 54.6 Å². The molecule has 0 heterocycles. The number of hydrogen-bond donors (Lipinski definition) is 3. The van der Waals surface area contributed by atoms with Gasteiger partial charge in [0.2, 0.25) is 5.91 Å². The van der Waals surface area contributed by atoms with Crippen LogP contribution in [0.5, 0.6) is 0 Å². The Hall–Kier alpha value is -3.41. The van der Waals surface area contributed by atoms with Crippen LogP contribution in [-0.4, -0.2) is 53.9 Å². The molecule has 2 rings (SSSR count). The number of rotatable bonds is 10. The number of amides is 2. The van der Waals surface area contributed by atoms with Crippen LogP contribution in [0.4, 0.5) is 0 Å². The van der Waals surface area contributed by atoms with Crippen LogP contribution in [0.2, 0.25) is 0 Å². The summed E-state index contributed by atoms with van der Waals surface area (Å²) in [6.07, 6.45) is 3.31. The molecule has 8 heteroatoms. The third-order valence-corrected chi connectivity index (χ3v) is 4.89. The molecule has 166 valence electrons. The van der Waals surface area contributed by atoms with Crippen LogP contribution in [0.25, 0.3) is 6.08 Å². The number of likely N-dealkylation sites (N-methyl/N-ethyl adjacent to an activating group) is 1. The van der Waals surface area contributed by atoms with Crippen molar-refractivity contribution < 1.29 is 19.6 Å². The maximum absolute atomic E-state index is 12.3. The number of nitriles is 1. The Labute approximate surface area is 189 Å². The Morgan fingerprint density at radius 3 is 2.44 bits per heavy atom. The molecule has 2 aromatic carbocycles. The topological polar surface area (TPSA) is 114 Å². The van der Waals surface area contributed by atoms with Gasteiger partial charge in [-0.2, -0.15) is 5.26 Å². The van der Waals surface area contributed by atoms with Crippen LogP contribution in [0.1, 0.15) is 29.5 Å². The summed E-state index contributed by atoms with van der Waals surface area (Å²) >= 11 is 0. The lowest BCUT2D eigenvalue weighted by atomic mass is 9.76. The summed E-state index contributed by atoms with van der Waals surface area (Å²) in [5.74, 6) is -1.39. The van der Waals surface area contributed by atoms with Crippen molar-refractivity contribution in [3.8, 4) is 6.07 Å². The van der Waals surface area contributed by atoms with Gasteiger partial charge in [0.25, 0.3) is 5.91 Å². The molecule has 2 amide bonds. The zero-order valence-electron chi connectivity index (χ0n) is 18.4. The van der Waals surface area contributed by atoms with Gasteiger partial charge in [-0.25, -0.2) is 0 Å². The summed E-state index contributed by atoms with van der Waals surface area (Å²) in [7, 11) is 1.53. The van der Waals surface area contributed by atoms with Crippen LogP contribution in [0, 0.1) is 11.3 Å². The van der Waals surface area contributed by atoms with Gasteiger partial charge in [-0.15, -0.1) is 0 Å². The van der Waals surface area contributed by atoms with E-state index in [0.29, 0.717) is 19.3 Å². The fourth-order valence-corrected chi connectivity index (χ4v) is 3.22. The molecule has 0 bridgehead atoms. The van der Waals surface area contributed by atoms with Gasteiger partial charge in [-0.05, 0) is 42.0 Å². The van der Waals surface area contributed by atoms with Gasteiger partial charge >= 0.3 is 7.12 Å². The molecular weight excluding hydrogens is 405 g/mol. The van der Waals surface area contributed by atoms with E-state index in [2.05, 4.69) is 5.32 Å². The standard InChI is InChI=1S/C24H28BN3O4/c1-28(2)24(30)21(17-26)15-20-12-6-10-18(14-20)11-7-13-23(29)27-22(25(31)32)16-19-8-4-3-5-9-19/h3-6,8-10,12,14-15,22,31-32H,7,11,13,16H2,1-2H3,(H,27,29). The zero-order chi connectivity index (χ0) is 23.5. The van der Waals surface area contributed by atoms with E-state index in [0.717, 1.165) is 16.7 Å². The van der Waals surface area contributed by atoms with Crippen molar-refractivity contribution in [2.24, 2.45) is 0 Å². The Balaban J connectivity index is 1.91. The highest BCUT2D eigenvalue weighted by Gasteiger charge is 2.25. The fraction of sp³-hybridized carbons (Fsp3) is 0.292. The van der Waals surface area contributed by atoms with Crippen molar-refractivity contribution >= 4 is 25.0 Å². The lowest BCUT2D eigenvalue weighted by Crippen LogP contribution is -2.47. The van der Waals surface area contributed by atoms with E-state index >= 15 is 0 Å². The van der Waals surface area contributed by atoms with Gasteiger partial charge in [-0.3, -0.25) is 9.59 Å². The molecule has 0 aromatic heterocycles. The summed E-state index contributed by atoms with van der Waals surface area (Å²) in [6, 6.07) is 18.7. The number of nitrogens with zero attached hydrogens (tertiary/aromatic N) is 2. The molecular formula is C24H28BN3O4. The molecule has 0 spiro atoms. The average molecular weight is 433 g/mol. The Bertz CT molecular complexity index is 984. The van der Waals surface area contributed by atoms with Crippen LogP contribution in [-0.2, 0) is 22.4 Å². The fourth-order valence-electron chi connectivity index (χ4n) is 3.22. The molecule has 0 saturated heterocycles. The predicted octanol–water partition coefficient (Wildman–Crippen LogP) is 1.74. The summed E-state index contributed by atoms with van der Waals surface area (Å²) in [5, 5.41) is 31.1. The van der Waals surface area contributed by atoms with Crippen LogP contribution in [0.15, 0.2) is 60.2 Å². The normalized spacial score (nSPS) is 11.9. The van der Waals surface area contributed by atoms with Crippen molar-refractivity contribution in [3.05, 3.63) is 76.9 Å². The molecule has 0 aliphatic carbocycles. The highest BCUT2D eigenvalue weighted by Crippen LogP contribution is 2.13. The van der Waals surface area contributed by atoms with Crippen LogP contribution in [0.3, 0.4) is 0 Å². The van der Waals surface area contributed by atoms with E-state index in [1.165, 1.54) is 4.90 Å². The van der Waals surface area contributed by atoms with Gasteiger partial charge in [0.1, 0.15) is 11.6 Å². The zero-order valence-corrected chi connectivity index (χ0v) is 18.4. The number of hydrogen-bond acceptors (Lipinski definition) is 5. The molecule has 0 radical (unpaired) electrons. The maximum Gasteiger partial charge on any atom is 0.475 e. The van der Waals surface area contributed by atoms with Crippen molar-refractivity contribution in [2.75, 3.05) is 14.1 Å². The number of nitrogens with one attached hydrogen (secondary N) is 1. The second-order valence-corrected chi connectivity index (χ2v) is 7.75. The number of benzene rings is 2. The van der Waals surface area contributed by atoms with Gasteiger partial charge in [0, 0.05) is 20.5 Å². The van der Waals surface area contributed by atoms with Gasteiger partial charge in [0.05, 0.1) is 5.94 Å². The Morgan fingerprint density at radius 2 is 1.81 bits per heavy atom. The average Bonchev–Trinajstić information content (AvgIpc) is 2.77. The van der Waals surface area contributed by atoms with E-state index in [-0.39, 0.29) is 23.8 Å². The van der Waals surface area contributed by atoms with Crippen molar-refractivity contribution in [1.29, 1.82) is 5.26 Å². The third kappa shape index (κ3) is 8.02. The number of aryl methyl sites for hydroxylation is 1.